The summed E-state index contributed by atoms with van der Waals surface area (Å²) in [6.07, 6.45) is 3.86. The fourth-order valence-corrected chi connectivity index (χ4v) is 2.66. The van der Waals surface area contributed by atoms with Gasteiger partial charge in [0.15, 0.2) is 5.82 Å². The van der Waals surface area contributed by atoms with Crippen LogP contribution in [0.1, 0.15) is 35.8 Å². The predicted molar refractivity (Wildman–Crippen MR) is 76.5 cm³/mol. The topological polar surface area (TPSA) is 52.0 Å². The van der Waals surface area contributed by atoms with Gasteiger partial charge in [0.25, 0.3) is 0 Å². The van der Waals surface area contributed by atoms with Crippen molar-refractivity contribution in [2.75, 3.05) is 6.61 Å². The molecule has 5 heteroatoms. The van der Waals surface area contributed by atoms with E-state index in [0.29, 0.717) is 12.6 Å². The highest BCUT2D eigenvalue weighted by molar-refractivity contribution is 5.43. The zero-order valence-corrected chi connectivity index (χ0v) is 12.0. The molecule has 106 valence electrons. The Morgan fingerprint density at radius 2 is 2.35 bits per heavy atom. The molecule has 1 aliphatic heterocycles. The summed E-state index contributed by atoms with van der Waals surface area (Å²) in [6, 6.07) is 6.64. The van der Waals surface area contributed by atoms with Crippen LogP contribution in [0.2, 0.25) is 0 Å². The first-order valence-electron chi connectivity index (χ1n) is 7.04. The normalized spacial score (nSPS) is 18.2. The van der Waals surface area contributed by atoms with Crippen molar-refractivity contribution in [2.24, 2.45) is 7.05 Å². The third-order valence-electron chi connectivity index (χ3n) is 3.65. The van der Waals surface area contributed by atoms with Crippen LogP contribution < -0.4 is 10.1 Å². The Morgan fingerprint density at radius 1 is 1.45 bits per heavy atom. The number of benzene rings is 1. The Labute approximate surface area is 119 Å². The van der Waals surface area contributed by atoms with Gasteiger partial charge in [0.05, 0.1) is 13.2 Å². The molecule has 1 aromatic heterocycles. The molecule has 1 aliphatic rings. The molecule has 1 unspecified atom stereocenters. The molecule has 0 aliphatic carbocycles. The van der Waals surface area contributed by atoms with E-state index in [-0.39, 0.29) is 0 Å². The van der Waals surface area contributed by atoms with Gasteiger partial charge in [-0.1, -0.05) is 18.2 Å². The number of rotatable bonds is 3. The number of para-hydroxylation sites is 1. The average molecular weight is 272 g/mol. The summed E-state index contributed by atoms with van der Waals surface area (Å²) in [7, 11) is 1.88. The first-order valence-corrected chi connectivity index (χ1v) is 7.04. The smallest absolute Gasteiger partial charge is 0.164 e. The first-order chi connectivity index (χ1) is 9.74. The van der Waals surface area contributed by atoms with Crippen molar-refractivity contribution < 1.29 is 4.74 Å². The molecule has 0 amide bonds. The fourth-order valence-electron chi connectivity index (χ4n) is 2.66. The fraction of sp³-hybridized carbons (Fsp3) is 0.467. The van der Waals surface area contributed by atoms with E-state index < -0.39 is 0 Å². The molecular formula is C15H20N4O. The van der Waals surface area contributed by atoms with Crippen molar-refractivity contribution in [3.05, 3.63) is 41.5 Å². The summed E-state index contributed by atoms with van der Waals surface area (Å²) in [4.78, 5) is 4.26. The minimum atomic E-state index is 0.302. The van der Waals surface area contributed by atoms with Gasteiger partial charge in [-0.3, -0.25) is 4.68 Å². The maximum absolute atomic E-state index is 5.89. The van der Waals surface area contributed by atoms with Crippen molar-refractivity contribution in [1.82, 2.24) is 20.1 Å². The summed E-state index contributed by atoms with van der Waals surface area (Å²) < 4.78 is 7.62. The molecule has 2 heterocycles. The van der Waals surface area contributed by atoms with Crippen LogP contribution in [-0.4, -0.2) is 21.4 Å². The molecule has 5 nitrogen and oxygen atoms in total. The van der Waals surface area contributed by atoms with Gasteiger partial charge >= 0.3 is 0 Å². The molecular weight excluding hydrogens is 252 g/mol. The Balaban J connectivity index is 1.78. The van der Waals surface area contributed by atoms with Crippen molar-refractivity contribution in [1.29, 1.82) is 0 Å². The lowest BCUT2D eigenvalue weighted by molar-refractivity contribution is 0.313. The largest absolute Gasteiger partial charge is 0.493 e. The van der Waals surface area contributed by atoms with Crippen molar-refractivity contribution in [3.63, 3.8) is 0 Å². The number of nitrogens with zero attached hydrogens (tertiary/aromatic N) is 3. The van der Waals surface area contributed by atoms with Crippen molar-refractivity contribution in [2.45, 2.75) is 32.4 Å². The van der Waals surface area contributed by atoms with E-state index in [0.717, 1.165) is 31.0 Å². The highest BCUT2D eigenvalue weighted by Gasteiger charge is 2.20. The Bertz CT molecular complexity index is 593. The Hall–Kier alpha value is -1.88. The Morgan fingerprint density at radius 3 is 3.15 bits per heavy atom. The predicted octanol–water partition coefficient (Wildman–Crippen LogP) is 2.13. The molecule has 3 rings (SSSR count). The number of aryl methyl sites for hydroxylation is 2. The summed E-state index contributed by atoms with van der Waals surface area (Å²) >= 11 is 0. The zero-order chi connectivity index (χ0) is 13.9. The molecule has 0 radical (unpaired) electrons. The van der Waals surface area contributed by atoms with E-state index >= 15 is 0 Å². The standard InChI is InChI=1S/C15H20N4O/c1-11-5-3-6-12-13(7-4-8-20-15(11)12)16-9-14-17-10-19(2)18-14/h3,5-6,10,13,16H,4,7-9H2,1-2H3. The van der Waals surface area contributed by atoms with Gasteiger partial charge in [0.1, 0.15) is 12.1 Å². The molecule has 1 N–H and O–H groups in total. The second-order valence-corrected chi connectivity index (χ2v) is 5.25. The van der Waals surface area contributed by atoms with Crippen LogP contribution in [0.25, 0.3) is 0 Å². The third-order valence-corrected chi connectivity index (χ3v) is 3.65. The van der Waals surface area contributed by atoms with Crippen LogP contribution in [0.4, 0.5) is 0 Å². The Kier molecular flexibility index (Phi) is 3.69. The third kappa shape index (κ3) is 2.67. The van der Waals surface area contributed by atoms with Crippen LogP contribution in [0, 0.1) is 6.92 Å². The van der Waals surface area contributed by atoms with Crippen LogP contribution in [0.5, 0.6) is 5.75 Å². The van der Waals surface area contributed by atoms with Crippen LogP contribution in [0.3, 0.4) is 0 Å². The van der Waals surface area contributed by atoms with Gasteiger partial charge in [-0.05, 0) is 25.3 Å². The number of nitrogens with one attached hydrogen (secondary N) is 1. The van der Waals surface area contributed by atoms with Gasteiger partial charge in [0, 0.05) is 18.7 Å². The van der Waals surface area contributed by atoms with Gasteiger partial charge in [-0.25, -0.2) is 4.98 Å². The maximum Gasteiger partial charge on any atom is 0.164 e. The van der Waals surface area contributed by atoms with E-state index in [1.54, 1.807) is 11.0 Å². The first kappa shape index (κ1) is 13.1. The average Bonchev–Trinajstić information content (AvgIpc) is 2.73. The lowest BCUT2D eigenvalue weighted by Crippen LogP contribution is -2.21. The summed E-state index contributed by atoms with van der Waals surface area (Å²) in [5.41, 5.74) is 2.45. The van der Waals surface area contributed by atoms with Gasteiger partial charge < -0.3 is 10.1 Å². The number of hydrogen-bond acceptors (Lipinski definition) is 4. The van der Waals surface area contributed by atoms with E-state index in [9.17, 15) is 0 Å². The number of hydrogen-bond donors (Lipinski definition) is 1. The van der Waals surface area contributed by atoms with E-state index in [1.165, 1.54) is 11.1 Å². The van der Waals surface area contributed by atoms with Crippen LogP contribution in [0.15, 0.2) is 24.5 Å². The molecule has 0 saturated carbocycles. The van der Waals surface area contributed by atoms with Gasteiger partial charge in [-0.2, -0.15) is 5.10 Å². The van der Waals surface area contributed by atoms with E-state index in [2.05, 4.69) is 40.5 Å². The summed E-state index contributed by atoms with van der Waals surface area (Å²) in [5.74, 6) is 1.86. The number of aromatic nitrogens is 3. The van der Waals surface area contributed by atoms with E-state index in [1.807, 2.05) is 7.05 Å². The number of fused-ring (bicyclic) bond motifs is 1. The molecule has 1 aromatic carbocycles. The minimum absolute atomic E-state index is 0.302. The highest BCUT2D eigenvalue weighted by Crippen LogP contribution is 2.33. The minimum Gasteiger partial charge on any atom is -0.493 e. The monoisotopic (exact) mass is 272 g/mol. The molecule has 2 aromatic rings. The van der Waals surface area contributed by atoms with Crippen LogP contribution >= 0.6 is 0 Å². The molecule has 0 bridgehead atoms. The SMILES string of the molecule is Cc1cccc2c1OCCCC2NCc1ncn(C)n1. The summed E-state index contributed by atoms with van der Waals surface area (Å²) in [6.45, 7) is 3.57. The zero-order valence-electron chi connectivity index (χ0n) is 12.0. The summed E-state index contributed by atoms with van der Waals surface area (Å²) in [5, 5.41) is 7.86. The van der Waals surface area contributed by atoms with Crippen LogP contribution in [-0.2, 0) is 13.6 Å². The maximum atomic E-state index is 5.89. The molecule has 0 fully saturated rings. The van der Waals surface area contributed by atoms with E-state index in [4.69, 9.17) is 4.74 Å². The number of ether oxygens (including phenoxy) is 1. The second-order valence-electron chi connectivity index (χ2n) is 5.25. The molecule has 0 spiro atoms. The quantitative estimate of drug-likeness (QED) is 0.930. The lowest BCUT2D eigenvalue weighted by atomic mass is 10.00. The lowest BCUT2D eigenvalue weighted by Gasteiger charge is -2.18. The molecule has 1 atom stereocenters. The second kappa shape index (κ2) is 5.63. The van der Waals surface area contributed by atoms with Gasteiger partial charge in [-0.15, -0.1) is 0 Å². The van der Waals surface area contributed by atoms with Crippen molar-refractivity contribution >= 4 is 0 Å². The molecule has 20 heavy (non-hydrogen) atoms. The molecule has 0 saturated heterocycles. The van der Waals surface area contributed by atoms with Crippen molar-refractivity contribution in [3.8, 4) is 5.75 Å². The highest BCUT2D eigenvalue weighted by atomic mass is 16.5. The van der Waals surface area contributed by atoms with Gasteiger partial charge in [0.2, 0.25) is 0 Å².